The number of hydrogen-bond donors (Lipinski definition) is 3. The Morgan fingerprint density at radius 1 is 1.24 bits per heavy atom. The first kappa shape index (κ1) is 31.3. The van der Waals surface area contributed by atoms with Crippen molar-refractivity contribution in [2.45, 2.75) is 39.2 Å². The average Bonchev–Trinajstić information content (AvgIpc) is 3.33. The van der Waals surface area contributed by atoms with E-state index in [9.17, 15) is 19.6 Å². The number of thioether (sulfide) groups is 2. The lowest BCUT2D eigenvalue weighted by molar-refractivity contribution is -0.127. The van der Waals surface area contributed by atoms with Gasteiger partial charge in [0.05, 0.1) is 6.54 Å². The Balaban J connectivity index is 1.95. The van der Waals surface area contributed by atoms with Gasteiger partial charge in [0.2, 0.25) is 11.8 Å². The number of nitrogens with one attached hydrogen (secondary N) is 3. The molecule has 38 heavy (non-hydrogen) atoms. The number of rotatable bonds is 14. The van der Waals surface area contributed by atoms with Crippen LogP contribution in [0.1, 0.15) is 33.1 Å². The van der Waals surface area contributed by atoms with E-state index in [1.54, 1.807) is 32.4 Å². The van der Waals surface area contributed by atoms with Crippen LogP contribution in [-0.4, -0.2) is 78.0 Å². The maximum Gasteiger partial charge on any atom is 0.264 e. The fraction of sp³-hybridized carbons (Fsp3) is 0.481. The molecule has 1 fully saturated rings. The van der Waals surface area contributed by atoms with Gasteiger partial charge in [-0.05, 0) is 70.1 Å². The average molecular weight is 559 g/mol. The number of nitriles is 1. The molecule has 1 saturated heterocycles. The van der Waals surface area contributed by atoms with Gasteiger partial charge in [0.15, 0.2) is 0 Å². The van der Waals surface area contributed by atoms with Crippen LogP contribution in [0.2, 0.25) is 0 Å². The SMILES string of the molecule is CCNC(=O)/C(C#N)=C(\SC)N(CC)C(=O)C/C=C\Nc1cccc(NC(=O)CN2CCCC2CSC)c1. The molecule has 1 aliphatic rings. The zero-order chi connectivity index (χ0) is 27.9. The van der Waals surface area contributed by atoms with E-state index in [1.165, 1.54) is 16.7 Å². The quantitative estimate of drug-likeness (QED) is 0.233. The first-order valence-electron chi connectivity index (χ1n) is 12.7. The molecule has 11 heteroatoms. The molecule has 206 valence electrons. The standard InChI is InChI=1S/C27H38N6O3S2/c1-5-29-26(36)23(17-28)27(38-4)33(6-2)25(35)13-8-14-30-20-10-7-11-21(16-20)31-24(34)18-32-15-9-12-22(32)19-37-3/h7-8,10-11,14,16,22,30H,5-6,9,12-13,15,18-19H2,1-4H3,(H,29,36)(H,31,34)/b14-8-,27-23-. The normalized spacial score (nSPS) is 16.0. The molecule has 0 aromatic heterocycles. The summed E-state index contributed by atoms with van der Waals surface area (Å²) in [5, 5.41) is 18.6. The Morgan fingerprint density at radius 2 is 2.00 bits per heavy atom. The zero-order valence-corrected chi connectivity index (χ0v) is 24.2. The molecule has 0 spiro atoms. The van der Waals surface area contributed by atoms with Crippen molar-refractivity contribution >= 4 is 52.6 Å². The third-order valence-electron chi connectivity index (χ3n) is 5.96. The fourth-order valence-corrected chi connectivity index (χ4v) is 5.76. The Bertz CT molecular complexity index is 1070. The maximum absolute atomic E-state index is 12.9. The Labute approximate surface area is 234 Å². The van der Waals surface area contributed by atoms with Crippen molar-refractivity contribution in [3.63, 3.8) is 0 Å². The number of likely N-dealkylation sites (N-methyl/N-ethyl adjacent to an activating group) is 1. The number of hydrogen-bond acceptors (Lipinski definition) is 8. The number of anilines is 2. The van der Waals surface area contributed by atoms with Crippen LogP contribution in [0.4, 0.5) is 11.4 Å². The highest BCUT2D eigenvalue weighted by Gasteiger charge is 2.26. The molecule has 0 radical (unpaired) electrons. The van der Waals surface area contributed by atoms with E-state index in [2.05, 4.69) is 27.1 Å². The first-order chi connectivity index (χ1) is 18.4. The molecule has 0 saturated carbocycles. The highest BCUT2D eigenvalue weighted by atomic mass is 32.2. The molecule has 1 aromatic carbocycles. The number of benzene rings is 1. The molecule has 1 aliphatic heterocycles. The Morgan fingerprint density at radius 3 is 2.66 bits per heavy atom. The largest absolute Gasteiger partial charge is 0.362 e. The molecule has 1 aromatic rings. The van der Waals surface area contributed by atoms with Gasteiger partial charge in [-0.3, -0.25) is 19.3 Å². The number of nitrogens with zero attached hydrogens (tertiary/aromatic N) is 3. The van der Waals surface area contributed by atoms with Gasteiger partial charge in [0.25, 0.3) is 5.91 Å². The zero-order valence-electron chi connectivity index (χ0n) is 22.6. The van der Waals surface area contributed by atoms with E-state index in [4.69, 9.17) is 0 Å². The molecule has 3 amide bonds. The van der Waals surface area contributed by atoms with Crippen molar-refractivity contribution in [3.8, 4) is 6.07 Å². The van der Waals surface area contributed by atoms with Gasteiger partial charge in [0.1, 0.15) is 16.7 Å². The van der Waals surface area contributed by atoms with Crippen LogP contribution >= 0.6 is 23.5 Å². The van der Waals surface area contributed by atoms with Crippen LogP contribution in [0.15, 0.2) is 47.1 Å². The lowest BCUT2D eigenvalue weighted by atomic mass is 10.2. The highest BCUT2D eigenvalue weighted by molar-refractivity contribution is 8.02. The molecule has 0 bridgehead atoms. The summed E-state index contributed by atoms with van der Waals surface area (Å²) < 4.78 is 0. The molecule has 1 heterocycles. The first-order valence-corrected chi connectivity index (χ1v) is 15.3. The molecule has 1 unspecified atom stereocenters. The second-order valence-corrected chi connectivity index (χ2v) is 10.3. The predicted molar refractivity (Wildman–Crippen MR) is 158 cm³/mol. The summed E-state index contributed by atoms with van der Waals surface area (Å²) in [5.74, 6) is 0.294. The number of carbonyl (C=O) groups is 3. The third-order valence-corrected chi connectivity index (χ3v) is 7.49. The summed E-state index contributed by atoms with van der Waals surface area (Å²) in [6.45, 7) is 5.64. The fourth-order valence-electron chi connectivity index (χ4n) is 4.21. The Kier molecular flexibility index (Phi) is 13.8. The van der Waals surface area contributed by atoms with E-state index < -0.39 is 5.91 Å². The maximum atomic E-state index is 12.9. The second-order valence-electron chi connectivity index (χ2n) is 8.60. The molecule has 2 rings (SSSR count). The summed E-state index contributed by atoms with van der Waals surface area (Å²) >= 11 is 3.01. The molecule has 1 atom stereocenters. The Hall–Kier alpha value is -2.94. The predicted octanol–water partition coefficient (Wildman–Crippen LogP) is 3.85. The minimum absolute atomic E-state index is 0.0297. The van der Waals surface area contributed by atoms with Gasteiger partial charge >= 0.3 is 0 Å². The second kappa shape index (κ2) is 16.8. The number of likely N-dealkylation sites (tertiary alicyclic amines) is 1. The topological polar surface area (TPSA) is 118 Å². The van der Waals surface area contributed by atoms with E-state index in [1.807, 2.05) is 42.1 Å². The molecule has 3 N–H and O–H groups in total. The minimum Gasteiger partial charge on any atom is -0.362 e. The van der Waals surface area contributed by atoms with Gasteiger partial charge in [0, 0.05) is 42.7 Å². The monoisotopic (exact) mass is 558 g/mol. The van der Waals surface area contributed by atoms with Crippen LogP contribution in [0.25, 0.3) is 0 Å². The van der Waals surface area contributed by atoms with E-state index in [0.717, 1.165) is 30.8 Å². The van der Waals surface area contributed by atoms with Crippen LogP contribution in [-0.2, 0) is 14.4 Å². The lowest BCUT2D eigenvalue weighted by Crippen LogP contribution is -2.38. The van der Waals surface area contributed by atoms with Crippen molar-refractivity contribution in [2.75, 3.05) is 55.1 Å². The van der Waals surface area contributed by atoms with Crippen LogP contribution in [0.5, 0.6) is 0 Å². The van der Waals surface area contributed by atoms with Gasteiger partial charge in [-0.25, -0.2) is 0 Å². The molecule has 9 nitrogen and oxygen atoms in total. The van der Waals surface area contributed by atoms with Crippen LogP contribution < -0.4 is 16.0 Å². The summed E-state index contributed by atoms with van der Waals surface area (Å²) in [6.07, 6.45) is 9.54. The van der Waals surface area contributed by atoms with Crippen LogP contribution in [0, 0.1) is 11.3 Å². The molecular weight excluding hydrogens is 520 g/mol. The van der Waals surface area contributed by atoms with Crippen molar-refractivity contribution < 1.29 is 14.4 Å². The van der Waals surface area contributed by atoms with Gasteiger partial charge in [-0.15, -0.1) is 11.8 Å². The van der Waals surface area contributed by atoms with Crippen molar-refractivity contribution in [3.05, 3.63) is 47.1 Å². The van der Waals surface area contributed by atoms with Gasteiger partial charge in [-0.1, -0.05) is 12.1 Å². The summed E-state index contributed by atoms with van der Waals surface area (Å²) in [4.78, 5) is 41.4. The van der Waals surface area contributed by atoms with E-state index in [-0.39, 0.29) is 23.8 Å². The van der Waals surface area contributed by atoms with Gasteiger partial charge in [-0.2, -0.15) is 17.0 Å². The van der Waals surface area contributed by atoms with Gasteiger partial charge < -0.3 is 20.9 Å². The molecular formula is C27H38N6O3S2. The summed E-state index contributed by atoms with van der Waals surface area (Å²) in [6, 6.07) is 9.80. The van der Waals surface area contributed by atoms with Crippen molar-refractivity contribution in [2.24, 2.45) is 0 Å². The molecule has 0 aliphatic carbocycles. The van der Waals surface area contributed by atoms with Crippen molar-refractivity contribution in [1.29, 1.82) is 5.26 Å². The van der Waals surface area contributed by atoms with E-state index >= 15 is 0 Å². The highest BCUT2D eigenvalue weighted by Crippen LogP contribution is 2.23. The van der Waals surface area contributed by atoms with Crippen LogP contribution in [0.3, 0.4) is 0 Å². The smallest absolute Gasteiger partial charge is 0.264 e. The number of carbonyl (C=O) groups excluding carboxylic acids is 3. The lowest BCUT2D eigenvalue weighted by Gasteiger charge is -2.23. The third kappa shape index (κ3) is 9.42. The number of amides is 3. The summed E-state index contributed by atoms with van der Waals surface area (Å²) in [5.41, 5.74) is 1.40. The van der Waals surface area contributed by atoms with E-state index in [0.29, 0.717) is 36.4 Å². The summed E-state index contributed by atoms with van der Waals surface area (Å²) in [7, 11) is 0. The van der Waals surface area contributed by atoms with Crippen molar-refractivity contribution in [1.82, 2.24) is 15.1 Å². The minimum atomic E-state index is -0.491.